The van der Waals surface area contributed by atoms with E-state index in [9.17, 15) is 0 Å². The van der Waals surface area contributed by atoms with Crippen molar-refractivity contribution in [1.29, 1.82) is 0 Å². The highest BCUT2D eigenvalue weighted by Crippen LogP contribution is 2.38. The lowest BCUT2D eigenvalue weighted by atomic mass is 9.76. The van der Waals surface area contributed by atoms with E-state index in [2.05, 4.69) is 60.2 Å². The molecule has 2 aromatic rings. The predicted molar refractivity (Wildman–Crippen MR) is 140 cm³/mol. The van der Waals surface area contributed by atoms with Crippen LogP contribution in [0.2, 0.25) is 0 Å². The average molecular weight is 475 g/mol. The van der Waals surface area contributed by atoms with Gasteiger partial charge < -0.3 is 4.74 Å². The van der Waals surface area contributed by atoms with Crippen LogP contribution in [0.3, 0.4) is 0 Å². The summed E-state index contributed by atoms with van der Waals surface area (Å²) in [5.74, 6) is 1.07. The number of benzene rings is 2. The van der Waals surface area contributed by atoms with Crippen LogP contribution in [0, 0.1) is 0 Å². The lowest BCUT2D eigenvalue weighted by Crippen LogP contribution is -2.41. The summed E-state index contributed by atoms with van der Waals surface area (Å²) in [5.41, 5.74) is 6.84. The maximum atomic E-state index is 6.21. The van der Waals surface area contributed by atoms with Gasteiger partial charge in [0.2, 0.25) is 0 Å². The van der Waals surface area contributed by atoms with Crippen LogP contribution in [-0.4, -0.2) is 28.8 Å². The van der Waals surface area contributed by atoms with Crippen LogP contribution in [-0.2, 0) is 29.9 Å². The Kier molecular flexibility index (Phi) is 6.64. The van der Waals surface area contributed by atoms with Crippen molar-refractivity contribution in [2.75, 3.05) is 6.73 Å². The summed E-state index contributed by atoms with van der Waals surface area (Å²) < 4.78 is 6.21. The Bertz CT molecular complexity index is 955. The third kappa shape index (κ3) is 4.77. The Morgan fingerprint density at radius 2 is 1.37 bits per heavy atom. The molecule has 0 amide bonds. The minimum Gasteiger partial charge on any atom is -0.478 e. The summed E-state index contributed by atoms with van der Waals surface area (Å²) in [5, 5.41) is 2.29. The first-order chi connectivity index (χ1) is 17.1. The molecular formula is C31H42N2O2. The quantitative estimate of drug-likeness (QED) is 0.473. The second kappa shape index (κ2) is 9.88. The van der Waals surface area contributed by atoms with Crippen LogP contribution >= 0.6 is 0 Å². The Morgan fingerprint density at radius 1 is 0.714 bits per heavy atom. The molecule has 2 aromatic carbocycles. The molecule has 0 unspecified atom stereocenters. The molecule has 2 fully saturated rings. The Hall–Kier alpha value is -1.88. The molecule has 0 N–H and O–H groups in total. The molecule has 6 rings (SSSR count). The fourth-order valence-corrected chi connectivity index (χ4v) is 6.77. The Labute approximate surface area is 211 Å². The van der Waals surface area contributed by atoms with Gasteiger partial charge in [-0.05, 0) is 60.1 Å². The molecule has 0 radical (unpaired) electrons. The lowest BCUT2D eigenvalue weighted by Gasteiger charge is -2.38. The van der Waals surface area contributed by atoms with Crippen molar-refractivity contribution in [3.05, 3.63) is 64.2 Å². The maximum absolute atomic E-state index is 6.21. The topological polar surface area (TPSA) is 24.9 Å². The normalized spacial score (nSPS) is 22.9. The number of hydrogen-bond acceptors (Lipinski definition) is 4. The molecule has 4 nitrogen and oxygen atoms in total. The van der Waals surface area contributed by atoms with Crippen LogP contribution < -0.4 is 4.74 Å². The van der Waals surface area contributed by atoms with Gasteiger partial charge in [0.15, 0.2) is 0 Å². The van der Waals surface area contributed by atoms with Crippen molar-refractivity contribution in [3.63, 3.8) is 0 Å². The van der Waals surface area contributed by atoms with Crippen molar-refractivity contribution < 1.29 is 9.57 Å². The highest BCUT2D eigenvalue weighted by Gasteiger charge is 2.31. The highest BCUT2D eigenvalue weighted by atomic mass is 16.7. The van der Waals surface area contributed by atoms with Crippen LogP contribution in [0.25, 0.3) is 0 Å². The highest BCUT2D eigenvalue weighted by molar-refractivity contribution is 5.47. The molecule has 4 aliphatic rings. The molecule has 0 spiro atoms. The van der Waals surface area contributed by atoms with Crippen molar-refractivity contribution in [2.24, 2.45) is 0 Å². The monoisotopic (exact) mass is 474 g/mol. The van der Waals surface area contributed by atoms with Crippen LogP contribution in [0.15, 0.2) is 36.4 Å². The van der Waals surface area contributed by atoms with Crippen molar-refractivity contribution in [2.45, 2.75) is 115 Å². The Balaban J connectivity index is 1.22. The molecule has 4 heteroatoms. The summed E-state index contributed by atoms with van der Waals surface area (Å²) >= 11 is 0. The summed E-state index contributed by atoms with van der Waals surface area (Å²) in [7, 11) is 0. The third-order valence-corrected chi connectivity index (χ3v) is 9.25. The van der Waals surface area contributed by atoms with Gasteiger partial charge in [-0.1, -0.05) is 76.6 Å². The van der Waals surface area contributed by atoms with Crippen molar-refractivity contribution in [3.8, 4) is 5.75 Å². The summed E-state index contributed by atoms with van der Waals surface area (Å²) in [4.78, 5) is 8.76. The fraction of sp³-hybridized carbons (Fsp3) is 0.613. The molecular weight excluding hydrogens is 432 g/mol. The second-order valence-corrected chi connectivity index (χ2v) is 11.9. The number of nitrogens with zero attached hydrogens (tertiary/aromatic N) is 2. The maximum Gasteiger partial charge on any atom is 0.142 e. The van der Waals surface area contributed by atoms with E-state index >= 15 is 0 Å². The van der Waals surface area contributed by atoms with Gasteiger partial charge in [0, 0.05) is 36.2 Å². The zero-order chi connectivity index (χ0) is 23.8. The minimum absolute atomic E-state index is 0.0643. The van der Waals surface area contributed by atoms with E-state index in [0.717, 1.165) is 25.6 Å². The van der Waals surface area contributed by atoms with Crippen LogP contribution in [0.5, 0.6) is 5.75 Å². The molecule has 2 aliphatic carbocycles. The van der Waals surface area contributed by atoms with Gasteiger partial charge in [0.1, 0.15) is 12.5 Å². The smallest absolute Gasteiger partial charge is 0.142 e. The molecule has 0 atom stereocenters. The molecule has 0 aromatic heterocycles. The summed E-state index contributed by atoms with van der Waals surface area (Å²) in [6.45, 7) is 8.12. The van der Waals surface area contributed by atoms with E-state index in [1.807, 2.05) is 0 Å². The van der Waals surface area contributed by atoms with Crippen LogP contribution in [0.1, 0.15) is 106 Å². The van der Waals surface area contributed by atoms with Crippen molar-refractivity contribution >= 4 is 0 Å². The third-order valence-electron chi connectivity index (χ3n) is 9.25. The summed E-state index contributed by atoms with van der Waals surface area (Å²) in [6.07, 6.45) is 13.4. The standard InChI is InChI=1S/C31H42N2O2/c1-31(2,26-14-13-23-21-35-33(20-24(23)17-26)29-11-7-4-8-12-29)27-15-16-30-25(18-27)19-32(22-34-30)28-9-5-3-6-10-28/h13-18,28-29H,3-12,19-22H2,1-2H3. The van der Waals surface area contributed by atoms with Crippen molar-refractivity contribution in [1.82, 2.24) is 9.96 Å². The van der Waals surface area contributed by atoms with E-state index in [1.54, 1.807) is 0 Å². The number of fused-ring (bicyclic) bond motifs is 2. The Morgan fingerprint density at radius 3 is 2.11 bits per heavy atom. The largest absolute Gasteiger partial charge is 0.478 e. The first kappa shape index (κ1) is 23.5. The van der Waals surface area contributed by atoms with Gasteiger partial charge in [0.25, 0.3) is 0 Å². The zero-order valence-corrected chi connectivity index (χ0v) is 21.7. The van der Waals surface area contributed by atoms with E-state index in [4.69, 9.17) is 9.57 Å². The van der Waals surface area contributed by atoms with E-state index in [0.29, 0.717) is 18.7 Å². The average Bonchev–Trinajstić information content (AvgIpc) is 2.92. The first-order valence-electron chi connectivity index (χ1n) is 14.1. The summed E-state index contributed by atoms with van der Waals surface area (Å²) in [6, 6.07) is 15.3. The molecule has 2 aliphatic heterocycles. The SMILES string of the molecule is CC(C)(c1ccc2c(c1)CN(C1CCCCC1)OC2)c1ccc2c(c1)CN(C1CCCCC1)CO2. The van der Waals surface area contributed by atoms with Gasteiger partial charge in [-0.25, -0.2) is 0 Å². The predicted octanol–water partition coefficient (Wildman–Crippen LogP) is 7.08. The van der Waals surface area contributed by atoms with Gasteiger partial charge in [0.05, 0.1) is 6.61 Å². The molecule has 35 heavy (non-hydrogen) atoms. The molecule has 188 valence electrons. The van der Waals surface area contributed by atoms with Crippen LogP contribution in [0.4, 0.5) is 0 Å². The zero-order valence-electron chi connectivity index (χ0n) is 21.7. The number of rotatable bonds is 4. The van der Waals surface area contributed by atoms with Gasteiger partial charge in [-0.15, -0.1) is 0 Å². The molecule has 0 bridgehead atoms. The molecule has 2 saturated carbocycles. The first-order valence-corrected chi connectivity index (χ1v) is 14.1. The number of hydrogen-bond donors (Lipinski definition) is 0. The van der Waals surface area contributed by atoms with E-state index in [-0.39, 0.29) is 5.41 Å². The second-order valence-electron chi connectivity index (χ2n) is 11.9. The number of ether oxygens (including phenoxy) is 1. The van der Waals surface area contributed by atoms with Gasteiger partial charge in [-0.2, -0.15) is 5.06 Å². The van der Waals surface area contributed by atoms with Gasteiger partial charge >= 0.3 is 0 Å². The lowest BCUT2D eigenvalue weighted by molar-refractivity contribution is -0.218. The van der Waals surface area contributed by atoms with E-state index < -0.39 is 0 Å². The fourth-order valence-electron chi connectivity index (χ4n) is 6.77. The number of hydroxylamine groups is 2. The molecule has 0 saturated heterocycles. The van der Waals surface area contributed by atoms with E-state index in [1.165, 1.54) is 92.0 Å². The molecule has 2 heterocycles. The minimum atomic E-state index is -0.0643. The van der Waals surface area contributed by atoms with Gasteiger partial charge in [-0.3, -0.25) is 9.74 Å².